The van der Waals surface area contributed by atoms with E-state index in [1.54, 1.807) is 11.8 Å². The fraction of sp³-hybridized carbons (Fsp3) is 0.562. The Kier molecular flexibility index (Phi) is 7.57. The molecule has 0 bridgehead atoms. The predicted molar refractivity (Wildman–Crippen MR) is 92.2 cm³/mol. The number of piperidine rings is 1. The lowest BCUT2D eigenvalue weighted by Crippen LogP contribution is -2.53. The van der Waals surface area contributed by atoms with E-state index in [1.165, 1.54) is 12.8 Å². The number of hydrogen-bond acceptors (Lipinski definition) is 3. The zero-order valence-corrected chi connectivity index (χ0v) is 14.4. The molecule has 0 spiro atoms. The van der Waals surface area contributed by atoms with Crippen LogP contribution in [0.25, 0.3) is 0 Å². The maximum absolute atomic E-state index is 11.9. The molecule has 1 aromatic rings. The van der Waals surface area contributed by atoms with Gasteiger partial charge in [0.15, 0.2) is 0 Å². The fourth-order valence-corrected chi connectivity index (χ4v) is 3.30. The summed E-state index contributed by atoms with van der Waals surface area (Å²) in [4.78, 5) is 13.0. The highest BCUT2D eigenvalue weighted by atomic mass is 35.5. The second-order valence-corrected chi connectivity index (χ2v) is 7.05. The van der Waals surface area contributed by atoms with E-state index in [9.17, 15) is 4.79 Å². The molecule has 21 heavy (non-hydrogen) atoms. The van der Waals surface area contributed by atoms with Gasteiger partial charge in [-0.1, -0.05) is 32.0 Å². The van der Waals surface area contributed by atoms with Crippen LogP contribution in [0.15, 0.2) is 35.2 Å². The van der Waals surface area contributed by atoms with Gasteiger partial charge in [-0.15, -0.1) is 24.2 Å². The van der Waals surface area contributed by atoms with Crippen molar-refractivity contribution in [2.75, 3.05) is 18.8 Å². The van der Waals surface area contributed by atoms with Gasteiger partial charge in [-0.25, -0.2) is 0 Å². The van der Waals surface area contributed by atoms with Gasteiger partial charge in [0.1, 0.15) is 0 Å². The van der Waals surface area contributed by atoms with Gasteiger partial charge >= 0.3 is 0 Å². The molecule has 1 amide bonds. The summed E-state index contributed by atoms with van der Waals surface area (Å²) >= 11 is 1.58. The van der Waals surface area contributed by atoms with Gasteiger partial charge in [0.25, 0.3) is 0 Å². The van der Waals surface area contributed by atoms with Gasteiger partial charge in [-0.3, -0.25) is 4.79 Å². The van der Waals surface area contributed by atoms with E-state index >= 15 is 0 Å². The molecular weight excluding hydrogens is 304 g/mol. The minimum absolute atomic E-state index is 0. The third-order valence-corrected chi connectivity index (χ3v) is 4.96. The maximum atomic E-state index is 11.9. The molecule has 0 radical (unpaired) electrons. The molecule has 2 N–H and O–H groups in total. The number of nitrogens with one attached hydrogen (secondary N) is 2. The standard InChI is InChI=1S/C16H24N2OS.ClH/c1-16(2)9-6-10-17-14(16)11-18-15(19)12-20-13-7-4-3-5-8-13;/h3-5,7-8,14,17H,6,9-12H2,1-2H3,(H,18,19);1H. The molecule has 1 fully saturated rings. The molecule has 1 saturated heterocycles. The van der Waals surface area contributed by atoms with Crippen LogP contribution in [-0.4, -0.2) is 30.8 Å². The number of carbonyl (C=O) groups is 1. The first-order valence-electron chi connectivity index (χ1n) is 7.26. The lowest BCUT2D eigenvalue weighted by molar-refractivity contribution is -0.118. The zero-order chi connectivity index (χ0) is 14.4. The van der Waals surface area contributed by atoms with Crippen molar-refractivity contribution in [2.24, 2.45) is 5.41 Å². The Hall–Kier alpha value is -0.710. The molecule has 1 atom stereocenters. The Morgan fingerprint density at radius 1 is 1.38 bits per heavy atom. The van der Waals surface area contributed by atoms with E-state index in [2.05, 4.69) is 24.5 Å². The summed E-state index contributed by atoms with van der Waals surface area (Å²) in [5, 5.41) is 6.57. The van der Waals surface area contributed by atoms with Crippen LogP contribution in [0.5, 0.6) is 0 Å². The maximum Gasteiger partial charge on any atom is 0.230 e. The number of hydrogen-bond donors (Lipinski definition) is 2. The minimum Gasteiger partial charge on any atom is -0.354 e. The van der Waals surface area contributed by atoms with Crippen molar-refractivity contribution in [3.63, 3.8) is 0 Å². The van der Waals surface area contributed by atoms with Crippen molar-refractivity contribution < 1.29 is 4.79 Å². The van der Waals surface area contributed by atoms with E-state index in [-0.39, 0.29) is 23.7 Å². The number of thioether (sulfide) groups is 1. The predicted octanol–water partition coefficient (Wildman–Crippen LogP) is 3.09. The summed E-state index contributed by atoms with van der Waals surface area (Å²) in [7, 11) is 0. The molecule has 1 aliphatic rings. The zero-order valence-electron chi connectivity index (χ0n) is 12.7. The van der Waals surface area contributed by atoms with Crippen molar-refractivity contribution in [3.8, 4) is 0 Å². The lowest BCUT2D eigenvalue weighted by Gasteiger charge is -2.39. The smallest absolute Gasteiger partial charge is 0.230 e. The topological polar surface area (TPSA) is 41.1 Å². The molecule has 3 nitrogen and oxygen atoms in total. The highest BCUT2D eigenvalue weighted by Gasteiger charge is 2.31. The molecule has 0 saturated carbocycles. The summed E-state index contributed by atoms with van der Waals surface area (Å²) < 4.78 is 0. The highest BCUT2D eigenvalue weighted by molar-refractivity contribution is 8.00. The third-order valence-electron chi connectivity index (χ3n) is 3.95. The van der Waals surface area contributed by atoms with Crippen LogP contribution in [-0.2, 0) is 4.79 Å². The van der Waals surface area contributed by atoms with E-state index in [0.29, 0.717) is 11.8 Å². The Morgan fingerprint density at radius 2 is 2.10 bits per heavy atom. The summed E-state index contributed by atoms with van der Waals surface area (Å²) in [6, 6.07) is 10.4. The Labute approximate surface area is 138 Å². The van der Waals surface area contributed by atoms with Crippen molar-refractivity contribution in [1.82, 2.24) is 10.6 Å². The number of amides is 1. The van der Waals surface area contributed by atoms with E-state index in [4.69, 9.17) is 0 Å². The van der Waals surface area contributed by atoms with Gasteiger partial charge in [-0.05, 0) is 36.9 Å². The van der Waals surface area contributed by atoms with Gasteiger partial charge in [0.05, 0.1) is 5.75 Å². The van der Waals surface area contributed by atoms with Crippen LogP contribution in [0.2, 0.25) is 0 Å². The average Bonchev–Trinajstić information content (AvgIpc) is 2.44. The van der Waals surface area contributed by atoms with Gasteiger partial charge < -0.3 is 10.6 Å². The minimum atomic E-state index is 0. The Bertz CT molecular complexity index is 439. The number of rotatable bonds is 5. The quantitative estimate of drug-likeness (QED) is 0.816. The number of carbonyl (C=O) groups excluding carboxylic acids is 1. The van der Waals surface area contributed by atoms with E-state index in [1.807, 2.05) is 30.3 Å². The monoisotopic (exact) mass is 328 g/mol. The summed E-state index contributed by atoms with van der Waals surface area (Å²) in [5.41, 5.74) is 0.262. The third kappa shape index (κ3) is 5.89. The highest BCUT2D eigenvalue weighted by Crippen LogP contribution is 2.29. The molecule has 1 aromatic carbocycles. The van der Waals surface area contributed by atoms with Crippen LogP contribution in [0.4, 0.5) is 0 Å². The fourth-order valence-electron chi connectivity index (χ4n) is 2.55. The summed E-state index contributed by atoms with van der Waals surface area (Å²) in [5.74, 6) is 0.596. The second-order valence-electron chi connectivity index (χ2n) is 6.00. The Balaban J connectivity index is 0.00000220. The van der Waals surface area contributed by atoms with E-state index in [0.717, 1.165) is 18.0 Å². The molecule has 1 unspecified atom stereocenters. The SMILES string of the molecule is CC1(C)CCCNC1CNC(=O)CSc1ccccc1.Cl. The van der Waals surface area contributed by atoms with Crippen molar-refractivity contribution in [1.29, 1.82) is 0 Å². The largest absolute Gasteiger partial charge is 0.354 e. The first-order chi connectivity index (χ1) is 9.58. The Morgan fingerprint density at radius 3 is 2.76 bits per heavy atom. The van der Waals surface area contributed by atoms with Gasteiger partial charge in [0, 0.05) is 17.5 Å². The van der Waals surface area contributed by atoms with Crippen LogP contribution < -0.4 is 10.6 Å². The average molecular weight is 329 g/mol. The normalized spacial score (nSPS) is 20.4. The lowest BCUT2D eigenvalue weighted by atomic mass is 9.77. The first kappa shape index (κ1) is 18.3. The molecule has 5 heteroatoms. The molecule has 0 aromatic heterocycles. The van der Waals surface area contributed by atoms with Crippen LogP contribution in [0.3, 0.4) is 0 Å². The molecule has 118 valence electrons. The molecule has 1 heterocycles. The molecular formula is C16H25ClN2OS. The molecule has 2 rings (SSSR count). The number of benzene rings is 1. The first-order valence-corrected chi connectivity index (χ1v) is 8.24. The van der Waals surface area contributed by atoms with Crippen LogP contribution >= 0.6 is 24.2 Å². The van der Waals surface area contributed by atoms with E-state index < -0.39 is 0 Å². The van der Waals surface area contributed by atoms with Crippen molar-refractivity contribution >= 4 is 30.1 Å². The van der Waals surface area contributed by atoms with Crippen LogP contribution in [0, 0.1) is 5.41 Å². The van der Waals surface area contributed by atoms with Gasteiger partial charge in [-0.2, -0.15) is 0 Å². The summed E-state index contributed by atoms with van der Waals surface area (Å²) in [6.07, 6.45) is 2.45. The summed E-state index contributed by atoms with van der Waals surface area (Å²) in [6.45, 7) is 6.33. The van der Waals surface area contributed by atoms with Gasteiger partial charge in [0.2, 0.25) is 5.91 Å². The number of halogens is 1. The van der Waals surface area contributed by atoms with Crippen LogP contribution in [0.1, 0.15) is 26.7 Å². The second kappa shape index (κ2) is 8.66. The van der Waals surface area contributed by atoms with Crippen molar-refractivity contribution in [2.45, 2.75) is 37.6 Å². The van der Waals surface area contributed by atoms with Crippen molar-refractivity contribution in [3.05, 3.63) is 30.3 Å². The molecule has 1 aliphatic heterocycles. The molecule has 0 aliphatic carbocycles.